The third-order valence-electron chi connectivity index (χ3n) is 4.50. The van der Waals surface area contributed by atoms with Gasteiger partial charge in [0.05, 0.1) is 11.5 Å². The van der Waals surface area contributed by atoms with Gasteiger partial charge >= 0.3 is 0 Å². The second-order valence-corrected chi connectivity index (χ2v) is 8.57. The van der Waals surface area contributed by atoms with Crippen molar-refractivity contribution in [3.05, 3.63) is 59.4 Å². The Bertz CT molecular complexity index is 879. The molecule has 0 radical (unpaired) electrons. The molecular weight excluding hydrogens is 369 g/mol. The lowest BCUT2D eigenvalue weighted by Gasteiger charge is -2.22. The molecule has 0 heterocycles. The van der Waals surface area contributed by atoms with Crippen LogP contribution in [-0.4, -0.2) is 39.1 Å². The quantitative estimate of drug-likeness (QED) is 0.612. The second kappa shape index (κ2) is 8.37. The monoisotopic (exact) mass is 393 g/mol. The topological polar surface area (TPSA) is 55.8 Å². The lowest BCUT2D eigenvalue weighted by atomic mass is 10.2. The van der Waals surface area contributed by atoms with Gasteiger partial charge in [-0.1, -0.05) is 12.1 Å². The molecule has 0 aliphatic heterocycles. The van der Waals surface area contributed by atoms with Gasteiger partial charge in [-0.2, -0.15) is 4.31 Å². The average Bonchev–Trinajstić information content (AvgIpc) is 3.47. The summed E-state index contributed by atoms with van der Waals surface area (Å²) in [5, 5.41) is 0. The molecule has 0 amide bonds. The van der Waals surface area contributed by atoms with Gasteiger partial charge in [-0.25, -0.2) is 12.8 Å². The Kier molecular flexibility index (Phi) is 6.14. The minimum atomic E-state index is -3.65. The van der Waals surface area contributed by atoms with E-state index in [0.29, 0.717) is 19.0 Å². The summed E-state index contributed by atoms with van der Waals surface area (Å²) in [4.78, 5) is 0.244. The summed E-state index contributed by atoms with van der Waals surface area (Å²) in [6.07, 6.45) is 1.69. The van der Waals surface area contributed by atoms with Gasteiger partial charge in [0.2, 0.25) is 10.0 Å². The largest absolute Gasteiger partial charge is 0.491 e. The van der Waals surface area contributed by atoms with Crippen LogP contribution >= 0.6 is 0 Å². The summed E-state index contributed by atoms with van der Waals surface area (Å²) >= 11 is 0. The lowest BCUT2D eigenvalue weighted by molar-refractivity contribution is 0.146. The third-order valence-corrected chi connectivity index (χ3v) is 6.40. The summed E-state index contributed by atoms with van der Waals surface area (Å²) in [6.45, 7) is 2.93. The first-order valence-electron chi connectivity index (χ1n) is 8.90. The van der Waals surface area contributed by atoms with Crippen LogP contribution in [0.3, 0.4) is 0 Å². The van der Waals surface area contributed by atoms with Gasteiger partial charge in [0.15, 0.2) is 0 Å². The molecule has 1 aliphatic rings. The highest BCUT2D eigenvalue weighted by molar-refractivity contribution is 7.89. The normalized spacial score (nSPS) is 14.5. The Balaban J connectivity index is 1.82. The van der Waals surface area contributed by atoms with Crippen LogP contribution < -0.4 is 4.74 Å². The van der Waals surface area contributed by atoms with Gasteiger partial charge < -0.3 is 9.47 Å². The highest BCUT2D eigenvalue weighted by Gasteiger charge is 2.38. The lowest BCUT2D eigenvalue weighted by Crippen LogP contribution is -2.32. The van der Waals surface area contributed by atoms with E-state index in [1.807, 2.05) is 6.92 Å². The summed E-state index contributed by atoms with van der Waals surface area (Å²) < 4.78 is 51.6. The number of sulfonamides is 1. The highest BCUT2D eigenvalue weighted by atomic mass is 32.2. The molecule has 146 valence electrons. The maximum absolute atomic E-state index is 13.2. The van der Waals surface area contributed by atoms with Crippen LogP contribution in [0, 0.1) is 12.7 Å². The minimum absolute atomic E-state index is 0.00186. The van der Waals surface area contributed by atoms with Crippen molar-refractivity contribution in [2.24, 2.45) is 0 Å². The number of rotatable bonds is 9. The van der Waals surface area contributed by atoms with Gasteiger partial charge in [-0.15, -0.1) is 0 Å². The first-order chi connectivity index (χ1) is 12.9. The van der Waals surface area contributed by atoms with Gasteiger partial charge in [0.25, 0.3) is 0 Å². The molecule has 0 aromatic heterocycles. The van der Waals surface area contributed by atoms with Crippen molar-refractivity contribution in [1.82, 2.24) is 4.31 Å². The van der Waals surface area contributed by atoms with Crippen LogP contribution in [0.1, 0.15) is 24.0 Å². The van der Waals surface area contributed by atoms with Crippen molar-refractivity contribution >= 4 is 10.0 Å². The molecule has 2 aromatic rings. The Morgan fingerprint density at radius 2 is 1.81 bits per heavy atom. The Hall–Kier alpha value is -1.96. The first kappa shape index (κ1) is 19.8. The van der Waals surface area contributed by atoms with Crippen LogP contribution in [-0.2, 0) is 21.3 Å². The fourth-order valence-corrected chi connectivity index (χ4v) is 4.62. The molecular formula is C20H24FNO4S. The van der Waals surface area contributed by atoms with Crippen molar-refractivity contribution in [3.8, 4) is 5.75 Å². The number of benzene rings is 2. The Morgan fingerprint density at radius 3 is 2.41 bits per heavy atom. The zero-order chi connectivity index (χ0) is 19.4. The fraction of sp³-hybridized carbons (Fsp3) is 0.400. The number of hydrogen-bond acceptors (Lipinski definition) is 4. The van der Waals surface area contributed by atoms with E-state index < -0.39 is 10.0 Å². The number of aryl methyl sites for hydroxylation is 1. The summed E-state index contributed by atoms with van der Waals surface area (Å²) in [5.74, 6) is 0.307. The van der Waals surface area contributed by atoms with Crippen LogP contribution in [0.25, 0.3) is 0 Å². The van der Waals surface area contributed by atoms with Gasteiger partial charge in [0, 0.05) is 19.7 Å². The minimum Gasteiger partial charge on any atom is -0.491 e. The molecule has 0 bridgehead atoms. The standard InChI is InChI=1S/C20H24FNO4S/c1-15-13-19(9-10-20(15)26-12-11-25-2)27(23,24)22(18-7-8-18)14-16-3-5-17(21)6-4-16/h3-6,9-10,13,18H,7-8,11-12,14H2,1-2H3. The molecule has 0 saturated heterocycles. The predicted molar refractivity (Wildman–Crippen MR) is 101 cm³/mol. The Labute approximate surface area is 159 Å². The predicted octanol–water partition coefficient (Wildman–Crippen LogP) is 3.51. The summed E-state index contributed by atoms with van der Waals surface area (Å²) in [5.41, 5.74) is 1.52. The van der Waals surface area contributed by atoms with E-state index in [1.54, 1.807) is 37.4 Å². The number of methoxy groups -OCH3 is 1. The van der Waals surface area contributed by atoms with Crippen molar-refractivity contribution in [2.45, 2.75) is 37.2 Å². The van der Waals surface area contributed by atoms with Crippen LogP contribution in [0.15, 0.2) is 47.4 Å². The number of ether oxygens (including phenoxy) is 2. The van der Waals surface area contributed by atoms with E-state index in [0.717, 1.165) is 24.0 Å². The SMILES string of the molecule is COCCOc1ccc(S(=O)(=O)N(Cc2ccc(F)cc2)C2CC2)cc1C. The molecule has 5 nitrogen and oxygen atoms in total. The van der Waals surface area contributed by atoms with Crippen molar-refractivity contribution in [1.29, 1.82) is 0 Å². The van der Waals surface area contributed by atoms with Crippen molar-refractivity contribution in [2.75, 3.05) is 20.3 Å². The van der Waals surface area contributed by atoms with E-state index in [-0.39, 0.29) is 23.3 Å². The summed E-state index contributed by atoms with van der Waals surface area (Å²) in [6, 6.07) is 10.8. The molecule has 0 atom stereocenters. The van der Waals surface area contributed by atoms with E-state index in [2.05, 4.69) is 0 Å². The molecule has 1 aliphatic carbocycles. The van der Waals surface area contributed by atoms with Crippen LogP contribution in [0.5, 0.6) is 5.75 Å². The van der Waals surface area contributed by atoms with Gasteiger partial charge in [-0.3, -0.25) is 0 Å². The van der Waals surface area contributed by atoms with Gasteiger partial charge in [-0.05, 0) is 61.2 Å². The molecule has 7 heteroatoms. The van der Waals surface area contributed by atoms with E-state index in [1.165, 1.54) is 16.4 Å². The smallest absolute Gasteiger partial charge is 0.243 e. The first-order valence-corrected chi connectivity index (χ1v) is 10.3. The molecule has 27 heavy (non-hydrogen) atoms. The molecule has 0 N–H and O–H groups in total. The maximum Gasteiger partial charge on any atom is 0.243 e. The maximum atomic E-state index is 13.2. The molecule has 0 unspecified atom stereocenters. The average molecular weight is 393 g/mol. The molecule has 2 aromatic carbocycles. The van der Waals surface area contributed by atoms with E-state index in [9.17, 15) is 12.8 Å². The van der Waals surface area contributed by atoms with Gasteiger partial charge in [0.1, 0.15) is 18.2 Å². The van der Waals surface area contributed by atoms with Crippen molar-refractivity contribution in [3.63, 3.8) is 0 Å². The second-order valence-electron chi connectivity index (χ2n) is 6.68. The number of nitrogens with zero attached hydrogens (tertiary/aromatic N) is 1. The molecule has 1 fully saturated rings. The molecule has 3 rings (SSSR count). The molecule has 0 spiro atoms. The zero-order valence-corrected chi connectivity index (χ0v) is 16.3. The van der Waals surface area contributed by atoms with Crippen molar-refractivity contribution < 1.29 is 22.3 Å². The van der Waals surface area contributed by atoms with E-state index in [4.69, 9.17) is 9.47 Å². The zero-order valence-electron chi connectivity index (χ0n) is 15.5. The highest BCUT2D eigenvalue weighted by Crippen LogP contribution is 2.34. The number of halogens is 1. The molecule has 1 saturated carbocycles. The summed E-state index contributed by atoms with van der Waals surface area (Å²) in [7, 11) is -2.05. The third kappa shape index (κ3) is 4.86. The van der Waals surface area contributed by atoms with E-state index >= 15 is 0 Å². The number of hydrogen-bond donors (Lipinski definition) is 0. The van der Waals surface area contributed by atoms with Crippen LogP contribution in [0.4, 0.5) is 4.39 Å². The Morgan fingerprint density at radius 1 is 1.11 bits per heavy atom. The fourth-order valence-electron chi connectivity index (χ4n) is 2.86. The van der Waals surface area contributed by atoms with Crippen LogP contribution in [0.2, 0.25) is 0 Å².